The Morgan fingerprint density at radius 1 is 1.06 bits per heavy atom. The molecule has 0 fully saturated rings. The molecule has 0 aliphatic rings. The van der Waals surface area contributed by atoms with E-state index < -0.39 is 0 Å². The minimum absolute atomic E-state index is 0.118. The van der Waals surface area contributed by atoms with Crippen LogP contribution in [0, 0.1) is 5.92 Å². The van der Waals surface area contributed by atoms with Crippen LogP contribution in [0.15, 0.2) is 59.4 Å². The Hall–Kier alpha value is -3.56. The molecular formula is C26H32N6O3. The van der Waals surface area contributed by atoms with Crippen molar-refractivity contribution in [3.05, 3.63) is 81.9 Å². The molecule has 1 N–H and O–H groups in total. The summed E-state index contributed by atoms with van der Waals surface area (Å²) in [5.41, 5.74) is 2.46. The highest BCUT2D eigenvalue weighted by molar-refractivity contribution is 5.80. The van der Waals surface area contributed by atoms with E-state index in [2.05, 4.69) is 51.4 Å². The lowest BCUT2D eigenvalue weighted by atomic mass is 9.99. The summed E-state index contributed by atoms with van der Waals surface area (Å²) in [7, 11) is 3.27. The Kier molecular flexibility index (Phi) is 7.89. The third kappa shape index (κ3) is 5.75. The van der Waals surface area contributed by atoms with Crippen LogP contribution in [0.4, 0.5) is 0 Å². The number of ether oxygens (including phenoxy) is 2. The van der Waals surface area contributed by atoms with E-state index in [-0.39, 0.29) is 17.5 Å². The van der Waals surface area contributed by atoms with Crippen LogP contribution in [0.3, 0.4) is 0 Å². The summed E-state index contributed by atoms with van der Waals surface area (Å²) in [5.74, 6) is 1.65. The van der Waals surface area contributed by atoms with Gasteiger partial charge in [0.1, 0.15) is 5.75 Å². The van der Waals surface area contributed by atoms with Gasteiger partial charge in [-0.15, -0.1) is 5.10 Å². The number of tetrazole rings is 1. The van der Waals surface area contributed by atoms with Crippen LogP contribution >= 0.6 is 0 Å². The number of pyridine rings is 1. The molecule has 9 nitrogen and oxygen atoms in total. The van der Waals surface area contributed by atoms with E-state index in [0.29, 0.717) is 37.6 Å². The molecule has 0 saturated heterocycles. The summed E-state index contributed by atoms with van der Waals surface area (Å²) in [6.45, 7) is 6.44. The predicted molar refractivity (Wildman–Crippen MR) is 134 cm³/mol. The molecular weight excluding hydrogens is 444 g/mol. The van der Waals surface area contributed by atoms with Gasteiger partial charge in [-0.05, 0) is 45.5 Å². The monoisotopic (exact) mass is 476 g/mol. The molecule has 2 heterocycles. The summed E-state index contributed by atoms with van der Waals surface area (Å²) < 4.78 is 12.3. The van der Waals surface area contributed by atoms with Gasteiger partial charge < -0.3 is 14.5 Å². The first-order chi connectivity index (χ1) is 17.0. The van der Waals surface area contributed by atoms with Gasteiger partial charge in [0.2, 0.25) is 0 Å². The van der Waals surface area contributed by atoms with Gasteiger partial charge in [-0.1, -0.05) is 44.2 Å². The average Bonchev–Trinajstić information content (AvgIpc) is 3.31. The zero-order chi connectivity index (χ0) is 24.8. The maximum atomic E-state index is 13.1. The van der Waals surface area contributed by atoms with Gasteiger partial charge in [0.25, 0.3) is 5.56 Å². The molecule has 0 unspecified atom stereocenters. The molecule has 9 heteroatoms. The van der Waals surface area contributed by atoms with E-state index in [4.69, 9.17) is 9.47 Å². The van der Waals surface area contributed by atoms with Gasteiger partial charge in [0.15, 0.2) is 5.82 Å². The first-order valence-corrected chi connectivity index (χ1v) is 11.7. The van der Waals surface area contributed by atoms with Crippen molar-refractivity contribution in [2.75, 3.05) is 20.8 Å². The third-order valence-electron chi connectivity index (χ3n) is 6.09. The number of rotatable bonds is 11. The molecule has 0 aliphatic carbocycles. The molecule has 2 aromatic carbocycles. The van der Waals surface area contributed by atoms with Crippen molar-refractivity contribution in [2.24, 2.45) is 5.92 Å². The van der Waals surface area contributed by atoms with Crippen molar-refractivity contribution in [1.29, 1.82) is 0 Å². The fourth-order valence-electron chi connectivity index (χ4n) is 4.40. The molecule has 0 amide bonds. The van der Waals surface area contributed by atoms with Gasteiger partial charge in [-0.25, -0.2) is 4.68 Å². The summed E-state index contributed by atoms with van der Waals surface area (Å²) in [5, 5.41) is 13.5. The van der Waals surface area contributed by atoms with Crippen LogP contribution in [0.25, 0.3) is 10.9 Å². The Balaban J connectivity index is 1.74. The number of aromatic nitrogens is 5. The number of benzene rings is 2. The van der Waals surface area contributed by atoms with Crippen LogP contribution in [-0.4, -0.2) is 50.9 Å². The van der Waals surface area contributed by atoms with Crippen molar-refractivity contribution in [1.82, 2.24) is 30.1 Å². The second-order valence-corrected chi connectivity index (χ2v) is 8.91. The fraction of sp³-hybridized carbons (Fsp3) is 0.385. The van der Waals surface area contributed by atoms with Gasteiger partial charge in [0.05, 0.1) is 31.8 Å². The van der Waals surface area contributed by atoms with Gasteiger partial charge in [0, 0.05) is 31.8 Å². The Labute approximate surface area is 204 Å². The number of nitrogens with zero attached hydrogens (tertiary/aromatic N) is 5. The van der Waals surface area contributed by atoms with Gasteiger partial charge in [-0.3, -0.25) is 9.69 Å². The van der Waals surface area contributed by atoms with Crippen molar-refractivity contribution < 1.29 is 9.47 Å². The van der Waals surface area contributed by atoms with Gasteiger partial charge >= 0.3 is 0 Å². The summed E-state index contributed by atoms with van der Waals surface area (Å²) in [4.78, 5) is 18.4. The number of fused-ring (bicyclic) bond motifs is 1. The van der Waals surface area contributed by atoms with E-state index >= 15 is 0 Å². The quantitative estimate of drug-likeness (QED) is 0.353. The first-order valence-electron chi connectivity index (χ1n) is 11.7. The van der Waals surface area contributed by atoms with Crippen molar-refractivity contribution in [2.45, 2.75) is 39.5 Å². The molecule has 4 rings (SSSR count). The number of aromatic amines is 1. The van der Waals surface area contributed by atoms with E-state index in [1.807, 2.05) is 42.5 Å². The predicted octanol–water partition coefficient (Wildman–Crippen LogP) is 3.57. The minimum Gasteiger partial charge on any atom is -0.497 e. The normalized spacial score (nSPS) is 12.5. The molecule has 0 saturated carbocycles. The summed E-state index contributed by atoms with van der Waals surface area (Å²) in [6.07, 6.45) is 0. The molecule has 4 aromatic rings. The largest absolute Gasteiger partial charge is 0.497 e. The van der Waals surface area contributed by atoms with Crippen molar-refractivity contribution in [3.63, 3.8) is 0 Å². The van der Waals surface area contributed by atoms with Gasteiger partial charge in [-0.2, -0.15) is 0 Å². The second kappa shape index (κ2) is 11.2. The van der Waals surface area contributed by atoms with E-state index in [9.17, 15) is 4.79 Å². The number of hydrogen-bond acceptors (Lipinski definition) is 7. The fourth-order valence-corrected chi connectivity index (χ4v) is 4.40. The zero-order valence-corrected chi connectivity index (χ0v) is 20.6. The maximum Gasteiger partial charge on any atom is 0.252 e. The second-order valence-electron chi connectivity index (χ2n) is 8.91. The zero-order valence-electron chi connectivity index (χ0n) is 20.6. The molecule has 2 aromatic heterocycles. The lowest BCUT2D eigenvalue weighted by Crippen LogP contribution is -2.35. The highest BCUT2D eigenvalue weighted by Gasteiger charge is 2.30. The summed E-state index contributed by atoms with van der Waals surface area (Å²) >= 11 is 0. The van der Waals surface area contributed by atoms with Crippen LogP contribution in [0.2, 0.25) is 0 Å². The molecule has 0 radical (unpaired) electrons. The first kappa shape index (κ1) is 24.6. The lowest BCUT2D eigenvalue weighted by Gasteiger charge is -2.33. The standard InChI is InChI=1S/C26H32N6O3/c1-18(2)24(25-28-29-30-32(25)12-13-34-3)31(16-19-8-6-5-7-9-19)17-21-14-20-10-11-22(35-4)15-23(20)27-26(21)33/h5-11,14-15,18,24H,12-13,16-17H2,1-4H3,(H,27,33)/t24-/m1/s1. The average molecular weight is 477 g/mol. The number of H-pyrrole nitrogens is 1. The van der Waals surface area contributed by atoms with Crippen LogP contribution < -0.4 is 10.3 Å². The SMILES string of the molecule is COCCn1nnnc1[C@@H](C(C)C)N(Cc1ccccc1)Cc1cc2ccc(OC)cc2[nH]c1=O. The molecule has 35 heavy (non-hydrogen) atoms. The number of methoxy groups -OCH3 is 2. The van der Waals surface area contributed by atoms with Crippen LogP contribution in [-0.2, 0) is 24.4 Å². The smallest absolute Gasteiger partial charge is 0.252 e. The highest BCUT2D eigenvalue weighted by Crippen LogP contribution is 2.30. The van der Waals surface area contributed by atoms with Crippen molar-refractivity contribution >= 4 is 10.9 Å². The maximum absolute atomic E-state index is 13.1. The number of nitrogens with one attached hydrogen (secondary N) is 1. The topological polar surface area (TPSA) is 98.2 Å². The molecule has 0 bridgehead atoms. The van der Waals surface area contributed by atoms with E-state index in [1.54, 1.807) is 18.9 Å². The van der Waals surface area contributed by atoms with E-state index in [1.165, 1.54) is 0 Å². The molecule has 0 spiro atoms. The van der Waals surface area contributed by atoms with Crippen LogP contribution in [0.1, 0.15) is 36.8 Å². The van der Waals surface area contributed by atoms with Crippen molar-refractivity contribution in [3.8, 4) is 5.75 Å². The minimum atomic E-state index is -0.120. The molecule has 1 atom stereocenters. The summed E-state index contributed by atoms with van der Waals surface area (Å²) in [6, 6.07) is 17.8. The number of hydrogen-bond donors (Lipinski definition) is 1. The Morgan fingerprint density at radius 3 is 2.57 bits per heavy atom. The molecule has 184 valence electrons. The molecule has 0 aliphatic heterocycles. The Bertz CT molecular complexity index is 1300. The Morgan fingerprint density at radius 2 is 1.86 bits per heavy atom. The van der Waals surface area contributed by atoms with Crippen LogP contribution in [0.5, 0.6) is 5.75 Å². The highest BCUT2D eigenvalue weighted by atomic mass is 16.5. The third-order valence-corrected chi connectivity index (χ3v) is 6.09. The lowest BCUT2D eigenvalue weighted by molar-refractivity contribution is 0.121. The van der Waals surface area contributed by atoms with E-state index in [0.717, 1.165) is 22.3 Å².